The van der Waals surface area contributed by atoms with Crippen LogP contribution in [0.5, 0.6) is 5.88 Å². The highest BCUT2D eigenvalue weighted by atomic mass is 16.5. The molecule has 0 aliphatic carbocycles. The van der Waals surface area contributed by atoms with Gasteiger partial charge in [-0.15, -0.1) is 0 Å². The van der Waals surface area contributed by atoms with Gasteiger partial charge in [0, 0.05) is 58.1 Å². The van der Waals surface area contributed by atoms with Gasteiger partial charge in [-0.1, -0.05) is 6.07 Å². The summed E-state index contributed by atoms with van der Waals surface area (Å²) in [7, 11) is 3.82. The Morgan fingerprint density at radius 2 is 2.05 bits per heavy atom. The minimum atomic E-state index is 0.668. The van der Waals surface area contributed by atoms with Gasteiger partial charge in [0.1, 0.15) is 0 Å². The molecule has 1 aromatic rings. The molecular weight excluding hydrogens is 240 g/mol. The number of methoxy groups -OCH3 is 1. The van der Waals surface area contributed by atoms with E-state index in [2.05, 4.69) is 33.2 Å². The Hall–Kier alpha value is -1.17. The molecule has 0 aromatic carbocycles. The van der Waals surface area contributed by atoms with Crippen LogP contribution in [0.25, 0.3) is 0 Å². The number of likely N-dealkylation sites (N-methyl/N-ethyl adjacent to an activating group) is 1. The Kier molecular flexibility index (Phi) is 5.57. The Labute approximate surface area is 115 Å². The van der Waals surface area contributed by atoms with Crippen LogP contribution in [-0.2, 0) is 6.54 Å². The van der Waals surface area contributed by atoms with Gasteiger partial charge >= 0.3 is 0 Å². The molecule has 0 spiro atoms. The summed E-state index contributed by atoms with van der Waals surface area (Å²) in [6, 6.07) is 3.95. The van der Waals surface area contributed by atoms with Crippen molar-refractivity contribution in [2.75, 3.05) is 53.4 Å². The monoisotopic (exact) mass is 264 g/mol. The van der Waals surface area contributed by atoms with Crippen molar-refractivity contribution < 1.29 is 4.74 Å². The van der Waals surface area contributed by atoms with Crippen LogP contribution in [0.2, 0.25) is 0 Å². The molecule has 5 nitrogen and oxygen atoms in total. The fraction of sp³-hybridized carbons (Fsp3) is 0.643. The maximum atomic E-state index is 5.04. The molecular formula is C14H24N4O. The highest BCUT2D eigenvalue weighted by Gasteiger charge is 2.12. The number of rotatable bonds is 6. The van der Waals surface area contributed by atoms with E-state index >= 15 is 0 Å². The SMILES string of the molecule is COc1ccc(CNCCN2CCN(C)CC2)cn1. The first kappa shape index (κ1) is 14.2. The number of nitrogens with zero attached hydrogens (tertiary/aromatic N) is 3. The van der Waals surface area contributed by atoms with E-state index in [-0.39, 0.29) is 0 Å². The molecule has 1 aliphatic rings. The first-order valence-corrected chi connectivity index (χ1v) is 6.88. The van der Waals surface area contributed by atoms with Gasteiger partial charge in [-0.05, 0) is 12.6 Å². The van der Waals surface area contributed by atoms with Crippen molar-refractivity contribution in [1.82, 2.24) is 20.1 Å². The fourth-order valence-electron chi connectivity index (χ4n) is 2.18. The molecule has 106 valence electrons. The summed E-state index contributed by atoms with van der Waals surface area (Å²) in [6.07, 6.45) is 1.86. The second-order valence-corrected chi connectivity index (χ2v) is 5.03. The molecule has 1 fully saturated rings. The summed E-state index contributed by atoms with van der Waals surface area (Å²) in [5.74, 6) is 0.668. The van der Waals surface area contributed by atoms with Crippen LogP contribution in [-0.4, -0.2) is 68.2 Å². The molecule has 0 bridgehead atoms. The molecule has 2 heterocycles. The Bertz CT molecular complexity index is 360. The van der Waals surface area contributed by atoms with E-state index in [9.17, 15) is 0 Å². The van der Waals surface area contributed by atoms with Gasteiger partial charge in [-0.2, -0.15) is 0 Å². The molecule has 1 saturated heterocycles. The van der Waals surface area contributed by atoms with Crippen LogP contribution in [0, 0.1) is 0 Å². The summed E-state index contributed by atoms with van der Waals surface area (Å²) in [4.78, 5) is 9.09. The summed E-state index contributed by atoms with van der Waals surface area (Å²) >= 11 is 0. The largest absolute Gasteiger partial charge is 0.481 e. The number of ether oxygens (including phenoxy) is 1. The van der Waals surface area contributed by atoms with Crippen molar-refractivity contribution >= 4 is 0 Å². The van der Waals surface area contributed by atoms with Gasteiger partial charge in [0.15, 0.2) is 0 Å². The van der Waals surface area contributed by atoms with Crippen molar-refractivity contribution in [2.24, 2.45) is 0 Å². The van der Waals surface area contributed by atoms with Crippen LogP contribution in [0.15, 0.2) is 18.3 Å². The minimum absolute atomic E-state index is 0.668. The van der Waals surface area contributed by atoms with Crippen molar-refractivity contribution in [1.29, 1.82) is 0 Å². The zero-order valence-corrected chi connectivity index (χ0v) is 11.9. The van der Waals surface area contributed by atoms with Gasteiger partial charge in [0.05, 0.1) is 7.11 Å². The van der Waals surface area contributed by atoms with Crippen LogP contribution in [0.3, 0.4) is 0 Å². The normalized spacial score (nSPS) is 17.6. The predicted molar refractivity (Wildman–Crippen MR) is 76.4 cm³/mol. The second kappa shape index (κ2) is 7.43. The maximum absolute atomic E-state index is 5.04. The zero-order chi connectivity index (χ0) is 13.5. The number of hydrogen-bond donors (Lipinski definition) is 1. The van der Waals surface area contributed by atoms with Gasteiger partial charge < -0.3 is 15.0 Å². The highest BCUT2D eigenvalue weighted by molar-refractivity contribution is 5.17. The molecule has 5 heteroatoms. The number of aromatic nitrogens is 1. The van der Waals surface area contributed by atoms with E-state index in [1.54, 1.807) is 7.11 Å². The van der Waals surface area contributed by atoms with Gasteiger partial charge in [0.25, 0.3) is 0 Å². The van der Waals surface area contributed by atoms with Gasteiger partial charge in [0.2, 0.25) is 5.88 Å². The summed E-state index contributed by atoms with van der Waals surface area (Å²) < 4.78 is 5.04. The third kappa shape index (κ3) is 4.78. The van der Waals surface area contributed by atoms with Crippen LogP contribution in [0.4, 0.5) is 0 Å². The quantitative estimate of drug-likeness (QED) is 0.755. The molecule has 1 aliphatic heterocycles. The molecule has 0 saturated carbocycles. The molecule has 0 amide bonds. The molecule has 0 atom stereocenters. The van der Waals surface area contributed by atoms with Crippen molar-refractivity contribution in [3.8, 4) is 5.88 Å². The lowest BCUT2D eigenvalue weighted by atomic mass is 10.3. The van der Waals surface area contributed by atoms with E-state index in [1.165, 1.54) is 31.7 Å². The summed E-state index contributed by atoms with van der Waals surface area (Å²) in [5.41, 5.74) is 1.19. The first-order chi connectivity index (χ1) is 9.28. The maximum Gasteiger partial charge on any atom is 0.212 e. The Morgan fingerprint density at radius 3 is 2.68 bits per heavy atom. The zero-order valence-electron chi connectivity index (χ0n) is 11.9. The van der Waals surface area contributed by atoms with Gasteiger partial charge in [-0.25, -0.2) is 4.98 Å². The van der Waals surface area contributed by atoms with Crippen LogP contribution >= 0.6 is 0 Å². The highest BCUT2D eigenvalue weighted by Crippen LogP contribution is 2.06. The summed E-state index contributed by atoms with van der Waals surface area (Å²) in [5, 5.41) is 3.46. The minimum Gasteiger partial charge on any atom is -0.481 e. The number of nitrogens with one attached hydrogen (secondary N) is 1. The van der Waals surface area contributed by atoms with E-state index in [1.807, 2.05) is 12.3 Å². The van der Waals surface area contributed by atoms with E-state index in [0.717, 1.165) is 19.6 Å². The predicted octanol–water partition coefficient (Wildman–Crippen LogP) is 0.427. The molecule has 19 heavy (non-hydrogen) atoms. The molecule has 0 unspecified atom stereocenters. The average molecular weight is 264 g/mol. The lowest BCUT2D eigenvalue weighted by molar-refractivity contribution is 0.154. The van der Waals surface area contributed by atoms with Crippen molar-refractivity contribution in [3.05, 3.63) is 23.9 Å². The van der Waals surface area contributed by atoms with Crippen molar-refractivity contribution in [2.45, 2.75) is 6.54 Å². The molecule has 1 aromatic heterocycles. The first-order valence-electron chi connectivity index (χ1n) is 6.88. The van der Waals surface area contributed by atoms with Gasteiger partial charge in [-0.3, -0.25) is 4.90 Å². The van der Waals surface area contributed by atoms with E-state index in [0.29, 0.717) is 5.88 Å². The number of hydrogen-bond acceptors (Lipinski definition) is 5. The second-order valence-electron chi connectivity index (χ2n) is 5.03. The average Bonchev–Trinajstić information content (AvgIpc) is 2.46. The third-order valence-corrected chi connectivity index (χ3v) is 3.54. The smallest absolute Gasteiger partial charge is 0.212 e. The molecule has 0 radical (unpaired) electrons. The number of pyridine rings is 1. The molecule has 1 N–H and O–H groups in total. The lowest BCUT2D eigenvalue weighted by Crippen LogP contribution is -2.46. The van der Waals surface area contributed by atoms with Crippen LogP contribution in [0.1, 0.15) is 5.56 Å². The molecule has 2 rings (SSSR count). The van der Waals surface area contributed by atoms with E-state index in [4.69, 9.17) is 4.74 Å². The number of piperazine rings is 1. The topological polar surface area (TPSA) is 40.6 Å². The lowest BCUT2D eigenvalue weighted by Gasteiger charge is -2.32. The van der Waals surface area contributed by atoms with Crippen molar-refractivity contribution in [3.63, 3.8) is 0 Å². The van der Waals surface area contributed by atoms with E-state index < -0.39 is 0 Å². The fourth-order valence-corrected chi connectivity index (χ4v) is 2.18. The Morgan fingerprint density at radius 1 is 1.26 bits per heavy atom. The van der Waals surface area contributed by atoms with Crippen LogP contribution < -0.4 is 10.1 Å². The standard InChI is InChI=1S/C14H24N4O/c1-17-7-9-18(10-8-17)6-5-15-11-13-3-4-14(19-2)16-12-13/h3-4,12,15H,5-11H2,1-2H3. The Balaban J connectivity index is 1.61. The summed E-state index contributed by atoms with van der Waals surface area (Å²) in [6.45, 7) is 7.74. The third-order valence-electron chi connectivity index (χ3n) is 3.54.